The molecule has 3 N–H and O–H groups in total. The lowest BCUT2D eigenvalue weighted by atomic mass is 9.92. The fraction of sp³-hybridized carbons (Fsp3) is 0.462. The average molecular weight is 470 g/mol. The van der Waals surface area contributed by atoms with Gasteiger partial charge in [0.2, 0.25) is 0 Å². The zero-order valence-electron chi connectivity index (χ0n) is 20.1. The molecule has 3 rings (SSSR count). The molecule has 0 aliphatic heterocycles. The molecule has 2 amide bonds. The molecular formula is C26H32FN3O4. The number of anilines is 1. The van der Waals surface area contributed by atoms with E-state index >= 15 is 0 Å². The summed E-state index contributed by atoms with van der Waals surface area (Å²) in [6.45, 7) is 5.36. The number of carbonyl (C=O) groups excluding carboxylic acids is 2. The van der Waals surface area contributed by atoms with Crippen LogP contribution in [0.3, 0.4) is 0 Å². The molecule has 1 unspecified atom stereocenters. The highest BCUT2D eigenvalue weighted by Gasteiger charge is 2.31. The van der Waals surface area contributed by atoms with Gasteiger partial charge in [-0.15, -0.1) is 6.42 Å². The molecule has 1 heterocycles. The molecule has 1 aliphatic rings. The van der Waals surface area contributed by atoms with Crippen LogP contribution in [-0.4, -0.2) is 40.2 Å². The second kappa shape index (κ2) is 10.9. The third-order valence-electron chi connectivity index (χ3n) is 6.56. The van der Waals surface area contributed by atoms with Crippen molar-refractivity contribution in [2.75, 3.05) is 11.9 Å². The number of amides is 2. The standard InChI is InChI=1S/C26H32FN3O4/c1-6-13-34-20-10-7-18(8-11-20)28-26(33)24(31)23-16(3)22(17(4)30(23)5)25(32)29-19-9-12-21(27)15(2)14-19/h1,9,12,14,18,20,24,31H,7-8,10-11,13H2,2-5H3,(H,28,33)(H,29,32)/t18-,20+,24?. The summed E-state index contributed by atoms with van der Waals surface area (Å²) in [6.07, 6.45) is 6.96. The van der Waals surface area contributed by atoms with Crippen LogP contribution in [0, 0.1) is 38.9 Å². The molecule has 1 aromatic carbocycles. The van der Waals surface area contributed by atoms with Gasteiger partial charge in [-0.1, -0.05) is 5.92 Å². The summed E-state index contributed by atoms with van der Waals surface area (Å²) in [5.41, 5.74) is 2.75. The Morgan fingerprint density at radius 3 is 2.56 bits per heavy atom. The molecule has 0 saturated heterocycles. The summed E-state index contributed by atoms with van der Waals surface area (Å²) in [5.74, 6) is 1.22. The lowest BCUT2D eigenvalue weighted by Crippen LogP contribution is -2.41. The number of ether oxygens (including phenoxy) is 1. The van der Waals surface area contributed by atoms with Crippen LogP contribution in [0.2, 0.25) is 0 Å². The molecule has 34 heavy (non-hydrogen) atoms. The quantitative estimate of drug-likeness (QED) is 0.542. The Morgan fingerprint density at radius 1 is 1.26 bits per heavy atom. The van der Waals surface area contributed by atoms with E-state index in [2.05, 4.69) is 16.6 Å². The van der Waals surface area contributed by atoms with E-state index < -0.39 is 12.0 Å². The second-order valence-electron chi connectivity index (χ2n) is 8.85. The number of aliphatic hydroxyl groups excluding tert-OH is 1. The van der Waals surface area contributed by atoms with Gasteiger partial charge in [-0.3, -0.25) is 9.59 Å². The molecule has 0 spiro atoms. The molecule has 2 aromatic rings. The number of hydrogen-bond acceptors (Lipinski definition) is 4. The molecule has 182 valence electrons. The number of aryl methyl sites for hydroxylation is 1. The predicted octanol–water partition coefficient (Wildman–Crippen LogP) is 3.45. The number of aromatic nitrogens is 1. The van der Waals surface area contributed by atoms with Gasteiger partial charge in [0.25, 0.3) is 11.8 Å². The number of hydrogen-bond donors (Lipinski definition) is 3. The van der Waals surface area contributed by atoms with Crippen molar-refractivity contribution in [3.05, 3.63) is 52.1 Å². The highest BCUT2D eigenvalue weighted by atomic mass is 19.1. The fourth-order valence-corrected chi connectivity index (χ4v) is 4.58. The van der Waals surface area contributed by atoms with E-state index in [-0.39, 0.29) is 30.5 Å². The van der Waals surface area contributed by atoms with E-state index in [0.29, 0.717) is 33.8 Å². The number of nitrogens with zero attached hydrogens (tertiary/aromatic N) is 1. The van der Waals surface area contributed by atoms with E-state index in [1.807, 2.05) is 0 Å². The maximum Gasteiger partial charge on any atom is 0.257 e. The molecule has 1 fully saturated rings. The van der Waals surface area contributed by atoms with Crippen molar-refractivity contribution >= 4 is 17.5 Å². The van der Waals surface area contributed by atoms with Crippen LogP contribution in [-0.2, 0) is 16.6 Å². The van der Waals surface area contributed by atoms with Gasteiger partial charge in [0, 0.05) is 24.5 Å². The first kappa shape index (κ1) is 25.5. The highest BCUT2D eigenvalue weighted by Crippen LogP contribution is 2.28. The number of carbonyl (C=O) groups is 2. The van der Waals surface area contributed by atoms with Gasteiger partial charge < -0.3 is 25.0 Å². The van der Waals surface area contributed by atoms with Crippen molar-refractivity contribution in [3.63, 3.8) is 0 Å². The molecule has 1 aromatic heterocycles. The average Bonchev–Trinajstić information content (AvgIpc) is 3.03. The van der Waals surface area contributed by atoms with Crippen molar-refractivity contribution < 1.29 is 23.8 Å². The van der Waals surface area contributed by atoms with Gasteiger partial charge in [0.05, 0.1) is 17.4 Å². The lowest BCUT2D eigenvalue weighted by Gasteiger charge is -2.29. The minimum atomic E-state index is -1.42. The van der Waals surface area contributed by atoms with Crippen molar-refractivity contribution in [1.29, 1.82) is 0 Å². The van der Waals surface area contributed by atoms with Gasteiger partial charge in [0.15, 0.2) is 6.10 Å². The first-order valence-corrected chi connectivity index (χ1v) is 11.4. The first-order valence-electron chi connectivity index (χ1n) is 11.4. The van der Waals surface area contributed by atoms with Crippen LogP contribution in [0.5, 0.6) is 0 Å². The third kappa shape index (κ3) is 5.49. The number of nitrogens with one attached hydrogen (secondary N) is 2. The Balaban J connectivity index is 1.70. The minimum Gasteiger partial charge on any atom is -0.377 e. The summed E-state index contributed by atoms with van der Waals surface area (Å²) < 4.78 is 20.8. The first-order chi connectivity index (χ1) is 16.1. The zero-order chi connectivity index (χ0) is 25.0. The van der Waals surface area contributed by atoms with Gasteiger partial charge >= 0.3 is 0 Å². The topological polar surface area (TPSA) is 92.6 Å². The van der Waals surface area contributed by atoms with Gasteiger partial charge in [-0.05, 0) is 75.8 Å². The largest absolute Gasteiger partial charge is 0.377 e. The number of terminal acetylenes is 1. The van der Waals surface area contributed by atoms with E-state index in [9.17, 15) is 19.1 Å². The van der Waals surface area contributed by atoms with Gasteiger partial charge in [-0.25, -0.2) is 4.39 Å². The van der Waals surface area contributed by atoms with Crippen LogP contribution in [0.1, 0.15) is 64.7 Å². The normalized spacial score (nSPS) is 18.7. The second-order valence-corrected chi connectivity index (χ2v) is 8.85. The van der Waals surface area contributed by atoms with E-state index in [1.54, 1.807) is 38.5 Å². The summed E-state index contributed by atoms with van der Waals surface area (Å²) in [6, 6.07) is 4.28. The highest BCUT2D eigenvalue weighted by molar-refractivity contribution is 6.06. The monoisotopic (exact) mass is 469 g/mol. The predicted molar refractivity (Wildman–Crippen MR) is 128 cm³/mol. The molecule has 0 radical (unpaired) electrons. The summed E-state index contributed by atoms with van der Waals surface area (Å²) in [5, 5.41) is 16.6. The smallest absolute Gasteiger partial charge is 0.257 e. The maximum absolute atomic E-state index is 13.5. The molecule has 8 heteroatoms. The van der Waals surface area contributed by atoms with Crippen LogP contribution < -0.4 is 10.6 Å². The van der Waals surface area contributed by atoms with E-state index in [0.717, 1.165) is 25.7 Å². The minimum absolute atomic E-state index is 0.0565. The number of rotatable bonds is 7. The van der Waals surface area contributed by atoms with Crippen LogP contribution in [0.4, 0.5) is 10.1 Å². The van der Waals surface area contributed by atoms with Crippen LogP contribution in [0.25, 0.3) is 0 Å². The van der Waals surface area contributed by atoms with Crippen molar-refractivity contribution in [3.8, 4) is 12.3 Å². The third-order valence-corrected chi connectivity index (χ3v) is 6.56. The number of aliphatic hydroxyl groups is 1. The van der Waals surface area contributed by atoms with Crippen molar-refractivity contribution in [1.82, 2.24) is 9.88 Å². The maximum atomic E-state index is 13.5. The van der Waals surface area contributed by atoms with Crippen LogP contribution in [0.15, 0.2) is 18.2 Å². The lowest BCUT2D eigenvalue weighted by molar-refractivity contribution is -0.131. The Bertz CT molecular complexity index is 1110. The molecule has 1 saturated carbocycles. The van der Waals surface area contributed by atoms with E-state index in [4.69, 9.17) is 11.2 Å². The van der Waals surface area contributed by atoms with Crippen molar-refractivity contribution in [2.24, 2.45) is 7.05 Å². The number of halogens is 1. The Hall–Kier alpha value is -3.15. The Kier molecular flexibility index (Phi) is 8.13. The molecule has 1 atom stereocenters. The summed E-state index contributed by atoms with van der Waals surface area (Å²) in [7, 11) is 1.71. The fourth-order valence-electron chi connectivity index (χ4n) is 4.58. The van der Waals surface area contributed by atoms with E-state index in [1.165, 1.54) is 12.1 Å². The van der Waals surface area contributed by atoms with Gasteiger partial charge in [0.1, 0.15) is 12.4 Å². The number of benzene rings is 1. The Labute approximate surface area is 199 Å². The summed E-state index contributed by atoms with van der Waals surface area (Å²) >= 11 is 0. The molecular weight excluding hydrogens is 437 g/mol. The molecule has 0 bridgehead atoms. The van der Waals surface area contributed by atoms with Crippen LogP contribution >= 0.6 is 0 Å². The molecule has 7 nitrogen and oxygen atoms in total. The SMILES string of the molecule is C#CCO[C@H]1CC[C@@H](NC(=O)C(O)c2c(C)c(C(=O)Nc3ccc(F)c(C)c3)c(C)n2C)CC1. The zero-order valence-corrected chi connectivity index (χ0v) is 20.1. The Morgan fingerprint density at radius 2 is 1.94 bits per heavy atom. The van der Waals surface area contributed by atoms with Gasteiger partial charge in [-0.2, -0.15) is 0 Å². The summed E-state index contributed by atoms with van der Waals surface area (Å²) in [4.78, 5) is 25.9. The van der Waals surface area contributed by atoms with Crippen molar-refractivity contribution in [2.45, 2.75) is 64.7 Å². The molecule has 1 aliphatic carbocycles.